The van der Waals surface area contributed by atoms with Crippen molar-refractivity contribution in [1.29, 1.82) is 0 Å². The van der Waals surface area contributed by atoms with Gasteiger partial charge in [0.15, 0.2) is 0 Å². The van der Waals surface area contributed by atoms with Crippen LogP contribution in [0, 0.1) is 0 Å². The molecular weight excluding hydrogens is 350 g/mol. The molecule has 2 aromatic rings. The molecule has 0 radical (unpaired) electrons. The normalized spacial score (nSPS) is 12.6. The summed E-state index contributed by atoms with van der Waals surface area (Å²) < 4.78 is 6.00. The molecule has 4 nitrogen and oxygen atoms in total. The van der Waals surface area contributed by atoms with Crippen molar-refractivity contribution < 1.29 is 4.52 Å². The zero-order valence-corrected chi connectivity index (χ0v) is 13.4. The lowest BCUT2D eigenvalue weighted by atomic mass is 10.2. The zero-order valence-electron chi connectivity index (χ0n) is 10.3. The molecule has 0 aliphatic heterocycles. The molecule has 1 aromatic heterocycles. The van der Waals surface area contributed by atoms with Gasteiger partial charge in [-0.2, -0.15) is 16.7 Å². The van der Waals surface area contributed by atoms with E-state index in [9.17, 15) is 0 Å². The number of nitrogens with zero attached hydrogens (tertiary/aromatic N) is 2. The van der Waals surface area contributed by atoms with Crippen LogP contribution in [0.5, 0.6) is 0 Å². The van der Waals surface area contributed by atoms with Crippen LogP contribution in [-0.4, -0.2) is 22.1 Å². The Morgan fingerprint density at radius 3 is 3.00 bits per heavy atom. The summed E-state index contributed by atoms with van der Waals surface area (Å²) in [5.41, 5.74) is 6.82. The monoisotopic (exact) mass is 361 g/mol. The molecule has 0 aliphatic rings. The highest BCUT2D eigenvalue weighted by atomic mass is 79.9. The minimum absolute atomic E-state index is 0.218. The summed E-state index contributed by atoms with van der Waals surface area (Å²) in [4.78, 5) is 4.33. The van der Waals surface area contributed by atoms with Gasteiger partial charge in [-0.25, -0.2) is 0 Å². The number of halogens is 2. The van der Waals surface area contributed by atoms with Crippen molar-refractivity contribution in [3.05, 3.63) is 33.6 Å². The number of benzene rings is 1. The zero-order chi connectivity index (χ0) is 13.8. The van der Waals surface area contributed by atoms with E-state index < -0.39 is 0 Å². The molecule has 0 amide bonds. The molecule has 0 aliphatic carbocycles. The van der Waals surface area contributed by atoms with Crippen LogP contribution in [0.3, 0.4) is 0 Å². The molecule has 2 rings (SSSR count). The summed E-state index contributed by atoms with van der Waals surface area (Å²) in [7, 11) is 0. The molecular formula is C12H13BrClN3OS. The van der Waals surface area contributed by atoms with Crippen molar-refractivity contribution >= 4 is 39.3 Å². The van der Waals surface area contributed by atoms with E-state index in [4.69, 9.17) is 21.9 Å². The number of thioether (sulfide) groups is 1. The first-order chi connectivity index (χ1) is 9.11. The average Bonchev–Trinajstić information content (AvgIpc) is 2.89. The maximum atomic E-state index is 5.99. The van der Waals surface area contributed by atoms with Crippen LogP contribution < -0.4 is 5.73 Å². The van der Waals surface area contributed by atoms with Gasteiger partial charge in [-0.05, 0) is 52.6 Å². The van der Waals surface area contributed by atoms with Crippen LogP contribution in [0.1, 0.15) is 18.4 Å². The van der Waals surface area contributed by atoms with E-state index in [0.717, 1.165) is 22.2 Å². The number of hydrogen-bond acceptors (Lipinski definition) is 5. The Bertz CT molecular complexity index is 564. The number of hydrogen-bond donors (Lipinski definition) is 1. The molecule has 1 aromatic carbocycles. The maximum Gasteiger partial charge on any atom is 0.243 e. The van der Waals surface area contributed by atoms with Crippen LogP contribution in [0.15, 0.2) is 27.2 Å². The summed E-state index contributed by atoms with van der Waals surface area (Å²) in [5.74, 6) is 1.95. The van der Waals surface area contributed by atoms with Crippen LogP contribution in [0.25, 0.3) is 11.4 Å². The van der Waals surface area contributed by atoms with Gasteiger partial charge < -0.3 is 10.3 Å². The third-order valence-electron chi connectivity index (χ3n) is 2.57. The van der Waals surface area contributed by atoms with E-state index in [1.165, 1.54) is 0 Å². The molecule has 2 N–H and O–H groups in total. The molecule has 1 heterocycles. The molecule has 7 heteroatoms. The summed E-state index contributed by atoms with van der Waals surface area (Å²) in [5, 5.41) is 4.59. The number of nitrogens with two attached hydrogens (primary N) is 1. The first-order valence-corrected chi connectivity index (χ1v) is 8.22. The van der Waals surface area contributed by atoms with Gasteiger partial charge in [0.25, 0.3) is 0 Å². The molecule has 0 bridgehead atoms. The third-order valence-corrected chi connectivity index (χ3v) is 4.43. The fourth-order valence-electron chi connectivity index (χ4n) is 1.51. The predicted molar refractivity (Wildman–Crippen MR) is 82.4 cm³/mol. The van der Waals surface area contributed by atoms with Gasteiger partial charge in [0.1, 0.15) is 0 Å². The van der Waals surface area contributed by atoms with E-state index in [-0.39, 0.29) is 6.04 Å². The molecule has 102 valence electrons. The summed E-state index contributed by atoms with van der Waals surface area (Å²) in [6.45, 7) is 0. The highest BCUT2D eigenvalue weighted by molar-refractivity contribution is 9.10. The van der Waals surface area contributed by atoms with Gasteiger partial charge in [0, 0.05) is 10.0 Å². The second kappa shape index (κ2) is 6.74. The smallest absolute Gasteiger partial charge is 0.243 e. The molecule has 0 unspecified atom stereocenters. The Balaban J connectivity index is 2.18. The van der Waals surface area contributed by atoms with Crippen LogP contribution >= 0.6 is 39.3 Å². The highest BCUT2D eigenvalue weighted by Crippen LogP contribution is 2.28. The minimum Gasteiger partial charge on any atom is -0.337 e. The fraction of sp³-hybridized carbons (Fsp3) is 0.333. The first-order valence-electron chi connectivity index (χ1n) is 5.65. The Kier molecular flexibility index (Phi) is 5.27. The molecule has 19 heavy (non-hydrogen) atoms. The van der Waals surface area contributed by atoms with Gasteiger partial charge in [-0.15, -0.1) is 0 Å². The SMILES string of the molecule is CSCC[C@H](N)c1nc(-c2ccc(Cl)c(Br)c2)no1. The molecule has 0 saturated heterocycles. The van der Waals surface area contributed by atoms with Crippen molar-refractivity contribution in [2.24, 2.45) is 5.73 Å². The van der Waals surface area contributed by atoms with E-state index in [2.05, 4.69) is 26.1 Å². The number of rotatable bonds is 5. The Morgan fingerprint density at radius 1 is 1.53 bits per heavy atom. The minimum atomic E-state index is -0.218. The van der Waals surface area contributed by atoms with Gasteiger partial charge in [0.05, 0.1) is 11.1 Å². The van der Waals surface area contributed by atoms with Crippen molar-refractivity contribution in [3.8, 4) is 11.4 Å². The third kappa shape index (κ3) is 3.72. The first kappa shape index (κ1) is 14.8. The maximum absolute atomic E-state index is 5.99. The molecule has 0 fully saturated rings. The van der Waals surface area contributed by atoms with Gasteiger partial charge in [-0.3, -0.25) is 0 Å². The lowest BCUT2D eigenvalue weighted by Crippen LogP contribution is -2.11. The molecule has 0 saturated carbocycles. The van der Waals surface area contributed by atoms with E-state index in [1.807, 2.05) is 18.4 Å². The van der Waals surface area contributed by atoms with Crippen LogP contribution in [0.2, 0.25) is 5.02 Å². The summed E-state index contributed by atoms with van der Waals surface area (Å²) >= 11 is 11.1. The van der Waals surface area contributed by atoms with Crippen molar-refractivity contribution in [3.63, 3.8) is 0 Å². The van der Waals surface area contributed by atoms with E-state index in [0.29, 0.717) is 16.7 Å². The second-order valence-electron chi connectivity index (χ2n) is 3.97. The van der Waals surface area contributed by atoms with E-state index >= 15 is 0 Å². The van der Waals surface area contributed by atoms with Crippen molar-refractivity contribution in [1.82, 2.24) is 10.1 Å². The van der Waals surface area contributed by atoms with Gasteiger partial charge in [0.2, 0.25) is 11.7 Å². The Hall–Kier alpha value is -0.560. The highest BCUT2D eigenvalue weighted by Gasteiger charge is 2.15. The number of aromatic nitrogens is 2. The fourth-order valence-corrected chi connectivity index (χ4v) is 2.49. The second-order valence-corrected chi connectivity index (χ2v) is 6.22. The Morgan fingerprint density at radius 2 is 2.32 bits per heavy atom. The predicted octanol–water partition coefficient (Wildman–Crippen LogP) is 3.91. The molecule has 0 spiro atoms. The summed E-state index contributed by atoms with van der Waals surface area (Å²) in [6, 6.07) is 5.26. The lowest BCUT2D eigenvalue weighted by Gasteiger charge is -2.03. The van der Waals surface area contributed by atoms with Crippen molar-refractivity contribution in [2.75, 3.05) is 12.0 Å². The largest absolute Gasteiger partial charge is 0.337 e. The van der Waals surface area contributed by atoms with Gasteiger partial charge in [-0.1, -0.05) is 16.8 Å². The summed E-state index contributed by atoms with van der Waals surface area (Å²) in [6.07, 6.45) is 2.85. The molecule has 1 atom stereocenters. The quantitative estimate of drug-likeness (QED) is 0.873. The van der Waals surface area contributed by atoms with Crippen LogP contribution in [-0.2, 0) is 0 Å². The van der Waals surface area contributed by atoms with Crippen LogP contribution in [0.4, 0.5) is 0 Å². The lowest BCUT2D eigenvalue weighted by molar-refractivity contribution is 0.353. The topological polar surface area (TPSA) is 64.9 Å². The van der Waals surface area contributed by atoms with Gasteiger partial charge >= 0.3 is 0 Å². The van der Waals surface area contributed by atoms with Crippen molar-refractivity contribution in [2.45, 2.75) is 12.5 Å². The van der Waals surface area contributed by atoms with E-state index in [1.54, 1.807) is 17.8 Å². The standard InChI is InChI=1S/C12H13BrClN3OS/c1-19-5-4-10(15)12-16-11(17-18-12)7-2-3-9(14)8(13)6-7/h2-3,6,10H,4-5,15H2,1H3/t10-/m0/s1. The average molecular weight is 363 g/mol. The Labute approximate surface area is 129 Å².